The lowest BCUT2D eigenvalue weighted by atomic mass is 10.00. The molecule has 4 aromatic carbocycles. The van der Waals surface area contributed by atoms with Gasteiger partial charge in [0.1, 0.15) is 0 Å². The molecule has 1 aliphatic rings. The molecule has 0 N–H and O–H groups in total. The minimum absolute atomic E-state index is 0.104. The van der Waals surface area contributed by atoms with E-state index in [9.17, 15) is 9.59 Å². The van der Waals surface area contributed by atoms with Gasteiger partial charge in [-0.05, 0) is 70.8 Å². The van der Waals surface area contributed by atoms with Crippen LogP contribution in [-0.2, 0) is 4.74 Å². The molecule has 0 amide bonds. The van der Waals surface area contributed by atoms with Crippen molar-refractivity contribution in [2.24, 2.45) is 0 Å². The Labute approximate surface area is 231 Å². The average molecular weight is 708 g/mol. The van der Waals surface area contributed by atoms with Gasteiger partial charge in [0.05, 0.1) is 12.7 Å². The summed E-state index contributed by atoms with van der Waals surface area (Å²) in [5, 5.41) is 0. The molecule has 3 nitrogen and oxygen atoms in total. The molecule has 4 aromatic rings. The molecule has 0 unspecified atom stereocenters. The Balaban J connectivity index is 0.000000162. The van der Waals surface area contributed by atoms with Gasteiger partial charge in [0.2, 0.25) is 0 Å². The molecule has 5 rings (SSSR count). The molecule has 0 heterocycles. The number of rotatable bonds is 2. The van der Waals surface area contributed by atoms with Crippen molar-refractivity contribution in [2.45, 2.75) is 0 Å². The number of halogens is 4. The van der Waals surface area contributed by atoms with E-state index in [1.165, 1.54) is 7.11 Å². The zero-order valence-electron chi connectivity index (χ0n) is 17.7. The number of hydrogen-bond donors (Lipinski definition) is 0. The highest BCUT2D eigenvalue weighted by molar-refractivity contribution is 9.11. The molecular weight excluding hydrogens is 692 g/mol. The average Bonchev–Trinajstić information content (AvgIpc) is 3.10. The van der Waals surface area contributed by atoms with Gasteiger partial charge in [-0.15, -0.1) is 0 Å². The smallest absolute Gasteiger partial charge is 0.338 e. The monoisotopic (exact) mass is 704 g/mol. The Morgan fingerprint density at radius 2 is 1.03 bits per heavy atom. The number of fused-ring (bicyclic) bond motifs is 3. The lowest BCUT2D eigenvalue weighted by molar-refractivity contribution is 0.0601. The first kappa shape index (κ1) is 25.0. The summed E-state index contributed by atoms with van der Waals surface area (Å²) in [5.74, 6) is -0.234. The molecule has 0 fully saturated rings. The number of carbonyl (C=O) groups excluding carboxylic acids is 2. The van der Waals surface area contributed by atoms with E-state index in [0.29, 0.717) is 5.56 Å². The van der Waals surface area contributed by atoms with Gasteiger partial charge in [0, 0.05) is 29.0 Å². The van der Waals surface area contributed by atoms with Crippen molar-refractivity contribution < 1.29 is 14.3 Å². The summed E-state index contributed by atoms with van der Waals surface area (Å²) in [4.78, 5) is 23.9. The quantitative estimate of drug-likeness (QED) is 0.172. The zero-order valence-corrected chi connectivity index (χ0v) is 24.1. The van der Waals surface area contributed by atoms with Crippen molar-refractivity contribution in [1.82, 2.24) is 0 Å². The first-order chi connectivity index (χ1) is 16.3. The highest BCUT2D eigenvalue weighted by Crippen LogP contribution is 2.38. The topological polar surface area (TPSA) is 43.4 Å². The predicted octanol–water partition coefficient (Wildman–Crippen LogP) is 9.09. The second-order valence-electron chi connectivity index (χ2n) is 7.40. The van der Waals surface area contributed by atoms with Crippen molar-refractivity contribution >= 4 is 75.5 Å². The van der Waals surface area contributed by atoms with Gasteiger partial charge in [0.15, 0.2) is 5.78 Å². The second-order valence-corrected chi connectivity index (χ2v) is 11.1. The van der Waals surface area contributed by atoms with E-state index < -0.39 is 0 Å². The standard InChI is InChI=1S/C14H10Br2O2.C13H6Br2O/c1-18-14(17)13-8-11(16)6-7-12(13)9-2-4-10(15)5-3-9;14-7-1-3-9-10-4-2-8(15)6-12(10)13(16)11(9)5-7/h2-8H,1H3;1-6H. The van der Waals surface area contributed by atoms with E-state index in [-0.39, 0.29) is 11.8 Å². The first-order valence-corrected chi connectivity index (χ1v) is 13.2. The largest absolute Gasteiger partial charge is 0.465 e. The van der Waals surface area contributed by atoms with E-state index in [0.717, 1.165) is 51.3 Å². The predicted molar refractivity (Wildman–Crippen MR) is 149 cm³/mol. The van der Waals surface area contributed by atoms with Crippen LogP contribution in [0.3, 0.4) is 0 Å². The van der Waals surface area contributed by atoms with E-state index >= 15 is 0 Å². The number of hydrogen-bond acceptors (Lipinski definition) is 3. The first-order valence-electron chi connectivity index (χ1n) is 10.1. The van der Waals surface area contributed by atoms with Crippen molar-refractivity contribution in [2.75, 3.05) is 7.11 Å². The lowest BCUT2D eigenvalue weighted by Crippen LogP contribution is -2.03. The molecule has 0 saturated carbocycles. The Kier molecular flexibility index (Phi) is 7.87. The van der Waals surface area contributed by atoms with Crippen LogP contribution in [0.2, 0.25) is 0 Å². The maximum Gasteiger partial charge on any atom is 0.338 e. The fraction of sp³-hybridized carbons (Fsp3) is 0.0370. The molecule has 0 bridgehead atoms. The lowest BCUT2D eigenvalue weighted by Gasteiger charge is -2.09. The highest BCUT2D eigenvalue weighted by atomic mass is 79.9. The van der Waals surface area contributed by atoms with Crippen LogP contribution >= 0.6 is 63.7 Å². The van der Waals surface area contributed by atoms with Gasteiger partial charge >= 0.3 is 5.97 Å². The maximum absolute atomic E-state index is 12.2. The molecule has 0 radical (unpaired) electrons. The molecule has 0 atom stereocenters. The number of methoxy groups -OCH3 is 1. The molecule has 1 aliphatic carbocycles. The molecule has 170 valence electrons. The Hall–Kier alpha value is -2.06. The van der Waals surface area contributed by atoms with Gasteiger partial charge in [0.25, 0.3) is 0 Å². The zero-order chi connectivity index (χ0) is 24.4. The number of ketones is 1. The van der Waals surface area contributed by atoms with Crippen molar-refractivity contribution in [1.29, 1.82) is 0 Å². The molecule has 0 aromatic heterocycles. The summed E-state index contributed by atoms with van der Waals surface area (Å²) in [6.07, 6.45) is 0. The van der Waals surface area contributed by atoms with Crippen LogP contribution in [0, 0.1) is 0 Å². The van der Waals surface area contributed by atoms with Crippen LogP contribution in [0.4, 0.5) is 0 Å². The summed E-state index contributed by atoms with van der Waals surface area (Å²) in [7, 11) is 1.38. The number of esters is 1. The van der Waals surface area contributed by atoms with Crippen molar-refractivity contribution in [3.05, 3.63) is 113 Å². The van der Waals surface area contributed by atoms with Crippen molar-refractivity contribution in [3.63, 3.8) is 0 Å². The summed E-state index contributed by atoms with van der Waals surface area (Å²) < 4.78 is 8.53. The van der Waals surface area contributed by atoms with Crippen LogP contribution in [-0.4, -0.2) is 18.9 Å². The van der Waals surface area contributed by atoms with Crippen LogP contribution in [0.25, 0.3) is 22.3 Å². The molecule has 0 spiro atoms. The molecular formula is C27H16Br4O3. The minimum Gasteiger partial charge on any atom is -0.465 e. The van der Waals surface area contributed by atoms with E-state index in [4.69, 9.17) is 4.74 Å². The summed E-state index contributed by atoms with van der Waals surface area (Å²) in [6, 6.07) is 25.0. The number of benzene rings is 4. The number of ether oxygens (including phenoxy) is 1. The van der Waals surface area contributed by atoms with Crippen molar-refractivity contribution in [3.8, 4) is 22.3 Å². The Bertz CT molecular complexity index is 1360. The third kappa shape index (κ3) is 5.28. The van der Waals surface area contributed by atoms with Gasteiger partial charge in [-0.2, -0.15) is 0 Å². The van der Waals surface area contributed by atoms with E-state index in [1.807, 2.05) is 72.8 Å². The maximum atomic E-state index is 12.2. The SMILES string of the molecule is COC(=O)c1cc(Br)ccc1-c1ccc(Br)cc1.O=C1c2cc(Br)ccc2-c2ccc(Br)cc21. The summed E-state index contributed by atoms with van der Waals surface area (Å²) in [6.45, 7) is 0. The third-order valence-corrected chi connectivity index (χ3v) is 7.29. The van der Waals surface area contributed by atoms with E-state index in [2.05, 4.69) is 63.7 Å². The van der Waals surface area contributed by atoms with Gasteiger partial charge < -0.3 is 4.74 Å². The molecule has 0 saturated heterocycles. The normalized spacial score (nSPS) is 11.3. The van der Waals surface area contributed by atoms with Crippen LogP contribution in [0.5, 0.6) is 0 Å². The minimum atomic E-state index is -0.339. The fourth-order valence-electron chi connectivity index (χ4n) is 3.70. The fourth-order valence-corrected chi connectivity index (χ4v) is 5.05. The van der Waals surface area contributed by atoms with Gasteiger partial charge in [-0.3, -0.25) is 4.79 Å². The Morgan fingerprint density at radius 1 is 0.588 bits per heavy atom. The molecule has 34 heavy (non-hydrogen) atoms. The van der Waals surface area contributed by atoms with Crippen LogP contribution in [0.1, 0.15) is 26.3 Å². The summed E-state index contributed by atoms with van der Waals surface area (Å²) in [5.41, 5.74) is 5.99. The molecule has 0 aliphatic heterocycles. The second kappa shape index (κ2) is 10.7. The van der Waals surface area contributed by atoms with Gasteiger partial charge in [-0.25, -0.2) is 4.79 Å². The summed E-state index contributed by atoms with van der Waals surface area (Å²) >= 11 is 13.5. The third-order valence-electron chi connectivity index (χ3n) is 5.28. The van der Waals surface area contributed by atoms with E-state index in [1.54, 1.807) is 6.07 Å². The molecule has 7 heteroatoms. The highest BCUT2D eigenvalue weighted by Gasteiger charge is 2.26. The number of carbonyl (C=O) groups is 2. The Morgan fingerprint density at radius 3 is 1.53 bits per heavy atom. The van der Waals surface area contributed by atoms with Crippen LogP contribution < -0.4 is 0 Å². The van der Waals surface area contributed by atoms with Crippen LogP contribution in [0.15, 0.2) is 96.8 Å². The van der Waals surface area contributed by atoms with Gasteiger partial charge in [-0.1, -0.05) is 94.1 Å².